The highest BCUT2D eigenvalue weighted by molar-refractivity contribution is 5.85. The van der Waals surface area contributed by atoms with Gasteiger partial charge < -0.3 is 9.97 Å². The zero-order valence-corrected chi connectivity index (χ0v) is 12.8. The van der Waals surface area contributed by atoms with Gasteiger partial charge in [0.1, 0.15) is 0 Å². The van der Waals surface area contributed by atoms with E-state index >= 15 is 0 Å². The van der Waals surface area contributed by atoms with E-state index < -0.39 is 0 Å². The molecule has 2 aromatic heterocycles. The maximum Gasteiger partial charge on any atom is 0.174 e. The first-order valence-electron chi connectivity index (χ1n) is 6.88. The molecule has 0 radical (unpaired) electrons. The maximum atomic E-state index is 4.70. The van der Waals surface area contributed by atoms with Crippen molar-refractivity contribution in [1.29, 1.82) is 0 Å². The SMILES string of the molecule is Cc1[nH]c(-c2nc3ccccc3[nH]2)nc1-c1ccccc1.Cl. The van der Waals surface area contributed by atoms with Gasteiger partial charge in [-0.05, 0) is 19.1 Å². The number of aromatic nitrogens is 4. The number of rotatable bonds is 2. The largest absolute Gasteiger partial charge is 0.339 e. The molecular formula is C17H15ClN4. The zero-order chi connectivity index (χ0) is 14.2. The van der Waals surface area contributed by atoms with E-state index in [0.717, 1.165) is 39.6 Å². The highest BCUT2D eigenvalue weighted by Crippen LogP contribution is 2.25. The molecule has 4 rings (SSSR count). The molecule has 0 aliphatic heterocycles. The number of aromatic amines is 2. The number of halogens is 1. The Kier molecular flexibility index (Phi) is 3.69. The number of aryl methyl sites for hydroxylation is 1. The summed E-state index contributed by atoms with van der Waals surface area (Å²) in [4.78, 5) is 15.9. The fraction of sp³-hybridized carbons (Fsp3) is 0.0588. The van der Waals surface area contributed by atoms with Crippen molar-refractivity contribution >= 4 is 23.4 Å². The van der Waals surface area contributed by atoms with Gasteiger partial charge in [0.2, 0.25) is 0 Å². The molecule has 0 atom stereocenters. The van der Waals surface area contributed by atoms with E-state index in [0.29, 0.717) is 0 Å². The number of hydrogen-bond acceptors (Lipinski definition) is 2. The monoisotopic (exact) mass is 310 g/mol. The third-order valence-corrected chi connectivity index (χ3v) is 3.55. The maximum absolute atomic E-state index is 4.70. The molecule has 0 aliphatic carbocycles. The molecule has 2 N–H and O–H groups in total. The van der Waals surface area contributed by atoms with E-state index in [1.54, 1.807) is 0 Å². The van der Waals surface area contributed by atoms with Crippen LogP contribution in [0.4, 0.5) is 0 Å². The summed E-state index contributed by atoms with van der Waals surface area (Å²) in [5, 5.41) is 0. The van der Waals surface area contributed by atoms with E-state index in [4.69, 9.17) is 4.98 Å². The minimum absolute atomic E-state index is 0. The van der Waals surface area contributed by atoms with Crippen molar-refractivity contribution in [1.82, 2.24) is 19.9 Å². The van der Waals surface area contributed by atoms with Gasteiger partial charge in [0, 0.05) is 11.3 Å². The Balaban J connectivity index is 0.00000144. The van der Waals surface area contributed by atoms with Crippen LogP contribution < -0.4 is 0 Å². The molecular weight excluding hydrogens is 296 g/mol. The lowest BCUT2D eigenvalue weighted by Crippen LogP contribution is -1.83. The van der Waals surface area contributed by atoms with Gasteiger partial charge in [0.05, 0.1) is 16.7 Å². The first-order chi connectivity index (χ1) is 10.3. The molecule has 0 spiro atoms. The fourth-order valence-corrected chi connectivity index (χ4v) is 2.51. The molecule has 110 valence electrons. The van der Waals surface area contributed by atoms with Crippen LogP contribution in [0.5, 0.6) is 0 Å². The van der Waals surface area contributed by atoms with Crippen LogP contribution in [0.3, 0.4) is 0 Å². The number of para-hydroxylation sites is 2. The second-order valence-corrected chi connectivity index (χ2v) is 5.03. The highest BCUT2D eigenvalue weighted by atomic mass is 35.5. The Hall–Kier alpha value is -2.59. The molecule has 22 heavy (non-hydrogen) atoms. The summed E-state index contributed by atoms with van der Waals surface area (Å²) in [6, 6.07) is 18.1. The minimum atomic E-state index is 0. The van der Waals surface area contributed by atoms with Crippen LogP contribution in [0.1, 0.15) is 5.69 Å². The Morgan fingerprint density at radius 1 is 0.773 bits per heavy atom. The first kappa shape index (κ1) is 14.4. The average Bonchev–Trinajstić information content (AvgIpc) is 3.11. The summed E-state index contributed by atoms with van der Waals surface area (Å²) >= 11 is 0. The molecule has 0 saturated heterocycles. The normalized spacial score (nSPS) is 10.6. The standard InChI is InChI=1S/C17H14N4.ClH/c1-11-15(12-7-3-2-4-8-12)21-16(18-11)17-19-13-9-5-6-10-14(13)20-17;/h2-10H,1H3,(H,18,21)(H,19,20);1H. The Morgan fingerprint density at radius 2 is 1.45 bits per heavy atom. The molecule has 0 amide bonds. The summed E-state index contributed by atoms with van der Waals surface area (Å²) < 4.78 is 0. The van der Waals surface area contributed by atoms with Gasteiger partial charge in [-0.2, -0.15) is 0 Å². The second kappa shape index (κ2) is 5.66. The fourth-order valence-electron chi connectivity index (χ4n) is 2.51. The van der Waals surface area contributed by atoms with Crippen LogP contribution in [0.25, 0.3) is 33.9 Å². The lowest BCUT2D eigenvalue weighted by atomic mass is 10.1. The van der Waals surface area contributed by atoms with Crippen LogP contribution in [0.15, 0.2) is 54.6 Å². The van der Waals surface area contributed by atoms with Crippen molar-refractivity contribution in [3.05, 3.63) is 60.3 Å². The zero-order valence-electron chi connectivity index (χ0n) is 12.0. The predicted molar refractivity (Wildman–Crippen MR) is 91.1 cm³/mol. The van der Waals surface area contributed by atoms with E-state index in [1.165, 1.54) is 0 Å². The molecule has 0 fully saturated rings. The summed E-state index contributed by atoms with van der Waals surface area (Å²) in [7, 11) is 0. The molecule has 0 saturated carbocycles. The van der Waals surface area contributed by atoms with Crippen molar-refractivity contribution in [3.63, 3.8) is 0 Å². The number of nitrogens with one attached hydrogen (secondary N) is 2. The molecule has 0 aliphatic rings. The molecule has 0 unspecified atom stereocenters. The van der Waals surface area contributed by atoms with E-state index in [-0.39, 0.29) is 12.4 Å². The third-order valence-electron chi connectivity index (χ3n) is 3.55. The molecule has 0 bridgehead atoms. The number of imidazole rings is 2. The summed E-state index contributed by atoms with van der Waals surface area (Å²) in [5.74, 6) is 1.53. The predicted octanol–water partition coefficient (Wildman–Crippen LogP) is 4.35. The van der Waals surface area contributed by atoms with Gasteiger partial charge in [-0.1, -0.05) is 42.5 Å². The number of hydrogen-bond donors (Lipinski definition) is 2. The van der Waals surface area contributed by atoms with Crippen LogP contribution in [0, 0.1) is 6.92 Å². The van der Waals surface area contributed by atoms with Crippen molar-refractivity contribution in [2.24, 2.45) is 0 Å². The van der Waals surface area contributed by atoms with Gasteiger partial charge in [-0.3, -0.25) is 0 Å². The van der Waals surface area contributed by atoms with Crippen LogP contribution >= 0.6 is 12.4 Å². The highest BCUT2D eigenvalue weighted by Gasteiger charge is 2.13. The van der Waals surface area contributed by atoms with Crippen molar-refractivity contribution in [2.75, 3.05) is 0 Å². The first-order valence-corrected chi connectivity index (χ1v) is 6.88. The van der Waals surface area contributed by atoms with Crippen LogP contribution in [-0.4, -0.2) is 19.9 Å². The molecule has 2 heterocycles. The molecule has 5 heteroatoms. The second-order valence-electron chi connectivity index (χ2n) is 5.03. The van der Waals surface area contributed by atoms with Crippen molar-refractivity contribution in [3.8, 4) is 22.9 Å². The summed E-state index contributed by atoms with van der Waals surface area (Å²) in [6.07, 6.45) is 0. The molecule has 4 nitrogen and oxygen atoms in total. The Morgan fingerprint density at radius 3 is 2.23 bits per heavy atom. The number of benzene rings is 2. The van der Waals surface area contributed by atoms with Gasteiger partial charge >= 0.3 is 0 Å². The van der Waals surface area contributed by atoms with E-state index in [1.807, 2.05) is 49.4 Å². The molecule has 2 aromatic carbocycles. The smallest absolute Gasteiger partial charge is 0.174 e. The Bertz CT molecular complexity index is 876. The van der Waals surface area contributed by atoms with Crippen LogP contribution in [0.2, 0.25) is 0 Å². The number of H-pyrrole nitrogens is 2. The average molecular weight is 311 g/mol. The Labute approximate surface area is 134 Å². The molecule has 4 aromatic rings. The van der Waals surface area contributed by atoms with Crippen LogP contribution in [-0.2, 0) is 0 Å². The quantitative estimate of drug-likeness (QED) is 0.578. The lowest BCUT2D eigenvalue weighted by molar-refractivity contribution is 1.19. The van der Waals surface area contributed by atoms with E-state index in [2.05, 4.69) is 27.1 Å². The van der Waals surface area contributed by atoms with E-state index in [9.17, 15) is 0 Å². The van der Waals surface area contributed by atoms with Crippen molar-refractivity contribution < 1.29 is 0 Å². The number of nitrogens with zero attached hydrogens (tertiary/aromatic N) is 2. The van der Waals surface area contributed by atoms with Gasteiger partial charge in [0.25, 0.3) is 0 Å². The minimum Gasteiger partial charge on any atom is -0.339 e. The topological polar surface area (TPSA) is 57.4 Å². The third kappa shape index (κ3) is 2.38. The van der Waals surface area contributed by atoms with Gasteiger partial charge in [0.15, 0.2) is 11.6 Å². The van der Waals surface area contributed by atoms with Gasteiger partial charge in [-0.15, -0.1) is 12.4 Å². The van der Waals surface area contributed by atoms with Gasteiger partial charge in [-0.25, -0.2) is 9.97 Å². The lowest BCUT2D eigenvalue weighted by Gasteiger charge is -1.96. The summed E-state index contributed by atoms with van der Waals surface area (Å²) in [6.45, 7) is 2.03. The number of fused-ring (bicyclic) bond motifs is 1. The summed E-state index contributed by atoms with van der Waals surface area (Å²) in [5.41, 5.74) is 5.07. The van der Waals surface area contributed by atoms with Crippen molar-refractivity contribution in [2.45, 2.75) is 6.92 Å².